The maximum absolute atomic E-state index is 9.15. The van der Waals surface area contributed by atoms with Gasteiger partial charge in [-0.15, -0.1) is 0 Å². The van der Waals surface area contributed by atoms with E-state index in [1.54, 1.807) is 13.2 Å². The van der Waals surface area contributed by atoms with Crippen molar-refractivity contribution in [2.24, 2.45) is 0 Å². The average molecular weight is 229 g/mol. The van der Waals surface area contributed by atoms with Crippen LogP contribution >= 0.6 is 22.9 Å². The fourth-order valence-electron chi connectivity index (χ4n) is 1.38. The second-order valence-electron chi connectivity index (χ2n) is 2.91. The normalized spacial score (nSPS) is 10.8. The van der Waals surface area contributed by atoms with Crippen molar-refractivity contribution in [3.8, 4) is 5.06 Å². The van der Waals surface area contributed by atoms with Crippen molar-refractivity contribution in [1.82, 2.24) is 0 Å². The van der Waals surface area contributed by atoms with Crippen LogP contribution in [0.25, 0.3) is 10.1 Å². The molecule has 0 atom stereocenters. The van der Waals surface area contributed by atoms with E-state index in [0.717, 1.165) is 20.7 Å². The van der Waals surface area contributed by atoms with E-state index in [2.05, 4.69) is 0 Å². The minimum Gasteiger partial charge on any atom is -0.487 e. The summed E-state index contributed by atoms with van der Waals surface area (Å²) in [7, 11) is 1.63. The van der Waals surface area contributed by atoms with Gasteiger partial charge in [-0.2, -0.15) is 0 Å². The van der Waals surface area contributed by atoms with Gasteiger partial charge in [0.05, 0.1) is 13.7 Å². The fourth-order valence-corrected chi connectivity index (χ4v) is 2.59. The lowest BCUT2D eigenvalue weighted by atomic mass is 10.2. The summed E-state index contributed by atoms with van der Waals surface area (Å²) < 4.78 is 6.17. The molecule has 0 fully saturated rings. The summed E-state index contributed by atoms with van der Waals surface area (Å²) in [4.78, 5) is 0. The Labute approximate surface area is 90.7 Å². The van der Waals surface area contributed by atoms with Gasteiger partial charge in [0.1, 0.15) is 0 Å². The van der Waals surface area contributed by atoms with Gasteiger partial charge >= 0.3 is 0 Å². The SMILES string of the molecule is COc1cc2cc(Cl)cc(CO)c2s1. The Kier molecular flexibility index (Phi) is 2.63. The Bertz CT molecular complexity index is 464. The number of thiophene rings is 1. The molecule has 1 aromatic carbocycles. The van der Waals surface area contributed by atoms with Crippen LogP contribution in [0.5, 0.6) is 5.06 Å². The summed E-state index contributed by atoms with van der Waals surface area (Å²) in [5.41, 5.74) is 0.848. The molecule has 0 unspecified atom stereocenters. The predicted molar refractivity (Wildman–Crippen MR) is 59.3 cm³/mol. The van der Waals surface area contributed by atoms with Crippen LogP contribution in [0, 0.1) is 0 Å². The number of benzene rings is 1. The Hall–Kier alpha value is -0.770. The minimum atomic E-state index is 0.000722. The first kappa shape index (κ1) is 9.77. The lowest BCUT2D eigenvalue weighted by Crippen LogP contribution is -1.82. The number of halogens is 1. The van der Waals surface area contributed by atoms with Crippen LogP contribution in [-0.4, -0.2) is 12.2 Å². The highest BCUT2D eigenvalue weighted by molar-refractivity contribution is 7.21. The second-order valence-corrected chi connectivity index (χ2v) is 4.36. The van der Waals surface area contributed by atoms with Gasteiger partial charge in [-0.05, 0) is 29.1 Å². The number of aliphatic hydroxyl groups excluding tert-OH is 1. The molecule has 2 nitrogen and oxygen atoms in total. The topological polar surface area (TPSA) is 29.5 Å². The van der Waals surface area contributed by atoms with Crippen molar-refractivity contribution in [3.05, 3.63) is 28.8 Å². The molecule has 2 rings (SSSR count). The molecule has 0 bridgehead atoms. The van der Waals surface area contributed by atoms with Crippen LogP contribution in [0.1, 0.15) is 5.56 Å². The number of methoxy groups -OCH3 is 1. The first-order valence-electron chi connectivity index (χ1n) is 4.11. The summed E-state index contributed by atoms with van der Waals surface area (Å²) >= 11 is 7.42. The van der Waals surface area contributed by atoms with Crippen molar-refractivity contribution < 1.29 is 9.84 Å². The van der Waals surface area contributed by atoms with E-state index in [9.17, 15) is 0 Å². The van der Waals surface area contributed by atoms with Gasteiger partial charge < -0.3 is 9.84 Å². The third kappa shape index (κ3) is 1.59. The van der Waals surface area contributed by atoms with E-state index < -0.39 is 0 Å². The van der Waals surface area contributed by atoms with E-state index in [4.69, 9.17) is 21.4 Å². The van der Waals surface area contributed by atoms with Crippen LogP contribution < -0.4 is 4.74 Å². The number of ether oxygens (including phenoxy) is 1. The molecular formula is C10H9ClO2S. The average Bonchev–Trinajstić information content (AvgIpc) is 2.59. The third-order valence-electron chi connectivity index (χ3n) is 2.01. The van der Waals surface area contributed by atoms with Crippen LogP contribution in [0.4, 0.5) is 0 Å². The highest BCUT2D eigenvalue weighted by Crippen LogP contribution is 2.35. The lowest BCUT2D eigenvalue weighted by molar-refractivity contribution is 0.283. The zero-order valence-corrected chi connectivity index (χ0v) is 9.15. The van der Waals surface area contributed by atoms with E-state index in [-0.39, 0.29) is 6.61 Å². The standard InChI is InChI=1S/C10H9ClO2S/c1-13-9-4-6-2-8(11)3-7(5-12)10(6)14-9/h2-4,12H,5H2,1H3. The van der Waals surface area contributed by atoms with E-state index in [1.165, 1.54) is 11.3 Å². The molecule has 1 N–H and O–H groups in total. The highest BCUT2D eigenvalue weighted by atomic mass is 35.5. The first-order chi connectivity index (χ1) is 6.74. The number of hydrogen-bond acceptors (Lipinski definition) is 3. The zero-order chi connectivity index (χ0) is 10.1. The van der Waals surface area contributed by atoms with Gasteiger partial charge in [-0.3, -0.25) is 0 Å². The van der Waals surface area contributed by atoms with Crippen LogP contribution in [0.3, 0.4) is 0 Å². The first-order valence-corrected chi connectivity index (χ1v) is 5.31. The molecule has 4 heteroatoms. The molecule has 1 heterocycles. The van der Waals surface area contributed by atoms with Crippen molar-refractivity contribution in [3.63, 3.8) is 0 Å². The summed E-state index contributed by atoms with van der Waals surface area (Å²) in [5, 5.41) is 11.6. The number of rotatable bonds is 2. The van der Waals surface area contributed by atoms with E-state index >= 15 is 0 Å². The molecule has 0 amide bonds. The Morgan fingerprint density at radius 1 is 1.43 bits per heavy atom. The summed E-state index contributed by atoms with van der Waals surface area (Å²) in [5.74, 6) is 0. The van der Waals surface area contributed by atoms with Crippen molar-refractivity contribution in [2.45, 2.75) is 6.61 Å². The van der Waals surface area contributed by atoms with Crippen molar-refractivity contribution >= 4 is 33.0 Å². The lowest BCUT2D eigenvalue weighted by Gasteiger charge is -1.98. The third-order valence-corrected chi connectivity index (χ3v) is 3.41. The quantitative estimate of drug-likeness (QED) is 0.856. The van der Waals surface area contributed by atoms with Gasteiger partial charge in [0.25, 0.3) is 0 Å². The maximum Gasteiger partial charge on any atom is 0.174 e. The molecule has 2 aromatic rings. The smallest absolute Gasteiger partial charge is 0.174 e. The molecule has 0 saturated carbocycles. The molecule has 1 aromatic heterocycles. The number of fused-ring (bicyclic) bond motifs is 1. The summed E-state index contributed by atoms with van der Waals surface area (Å²) in [6.45, 7) is 0.000722. The van der Waals surface area contributed by atoms with Gasteiger partial charge in [0, 0.05) is 9.72 Å². The molecule has 0 spiro atoms. The van der Waals surface area contributed by atoms with Crippen LogP contribution in [-0.2, 0) is 6.61 Å². The molecule has 74 valence electrons. The van der Waals surface area contributed by atoms with E-state index in [0.29, 0.717) is 5.02 Å². The molecule has 0 aliphatic carbocycles. The Morgan fingerprint density at radius 3 is 2.86 bits per heavy atom. The van der Waals surface area contributed by atoms with Crippen LogP contribution in [0.15, 0.2) is 18.2 Å². The maximum atomic E-state index is 9.15. The van der Waals surface area contributed by atoms with Gasteiger partial charge in [0.2, 0.25) is 0 Å². The monoisotopic (exact) mass is 228 g/mol. The second kappa shape index (κ2) is 3.77. The predicted octanol–water partition coefficient (Wildman–Crippen LogP) is 3.06. The van der Waals surface area contributed by atoms with Gasteiger partial charge in [-0.25, -0.2) is 0 Å². The largest absolute Gasteiger partial charge is 0.487 e. The summed E-state index contributed by atoms with van der Waals surface area (Å²) in [6, 6.07) is 5.57. The Morgan fingerprint density at radius 2 is 2.21 bits per heavy atom. The molecule has 0 aliphatic rings. The van der Waals surface area contributed by atoms with Gasteiger partial charge in [0.15, 0.2) is 5.06 Å². The van der Waals surface area contributed by atoms with Crippen molar-refractivity contribution in [2.75, 3.05) is 7.11 Å². The molecule has 14 heavy (non-hydrogen) atoms. The van der Waals surface area contributed by atoms with Crippen molar-refractivity contribution in [1.29, 1.82) is 0 Å². The number of hydrogen-bond donors (Lipinski definition) is 1. The van der Waals surface area contributed by atoms with Gasteiger partial charge in [-0.1, -0.05) is 22.9 Å². The molecular weight excluding hydrogens is 220 g/mol. The summed E-state index contributed by atoms with van der Waals surface area (Å²) in [6.07, 6.45) is 0. The van der Waals surface area contributed by atoms with Crippen LogP contribution in [0.2, 0.25) is 5.02 Å². The molecule has 0 saturated heterocycles. The highest BCUT2D eigenvalue weighted by Gasteiger charge is 2.07. The molecule has 0 aliphatic heterocycles. The Balaban J connectivity index is 2.71. The number of aliphatic hydroxyl groups is 1. The fraction of sp³-hybridized carbons (Fsp3) is 0.200. The molecule has 0 radical (unpaired) electrons. The van der Waals surface area contributed by atoms with E-state index in [1.807, 2.05) is 12.1 Å². The minimum absolute atomic E-state index is 0.000722. The zero-order valence-electron chi connectivity index (χ0n) is 7.58.